The Morgan fingerprint density at radius 1 is 1.11 bits per heavy atom. The lowest BCUT2D eigenvalue weighted by Gasteiger charge is -2.37. The van der Waals surface area contributed by atoms with Crippen LogP contribution >= 0.6 is 0 Å². The molecule has 2 aromatic rings. The number of carbonyl (C=O) groups is 1. The van der Waals surface area contributed by atoms with E-state index in [9.17, 15) is 4.79 Å². The maximum absolute atomic E-state index is 12.4. The van der Waals surface area contributed by atoms with E-state index in [-0.39, 0.29) is 5.91 Å². The lowest BCUT2D eigenvalue weighted by molar-refractivity contribution is -0.169. The Labute approximate surface area is 165 Å². The predicted octanol–water partition coefficient (Wildman–Crippen LogP) is 2.18. The van der Waals surface area contributed by atoms with Gasteiger partial charge in [-0.05, 0) is 24.5 Å². The highest BCUT2D eigenvalue weighted by Crippen LogP contribution is 2.32. The summed E-state index contributed by atoms with van der Waals surface area (Å²) in [5.74, 6) is 0.00183. The van der Waals surface area contributed by atoms with Crippen molar-refractivity contribution in [3.05, 3.63) is 53.9 Å². The van der Waals surface area contributed by atoms with Crippen LogP contribution in [0.1, 0.15) is 35.3 Å². The average Bonchev–Trinajstić information content (AvgIpc) is 3.20. The van der Waals surface area contributed by atoms with Gasteiger partial charge in [0.05, 0.1) is 13.2 Å². The Morgan fingerprint density at radius 3 is 2.61 bits per heavy atom. The molecule has 7 nitrogen and oxygen atoms in total. The first kappa shape index (κ1) is 18.8. The monoisotopic (exact) mass is 382 g/mol. The van der Waals surface area contributed by atoms with Gasteiger partial charge in [-0.1, -0.05) is 30.3 Å². The van der Waals surface area contributed by atoms with Crippen LogP contribution in [-0.4, -0.2) is 54.5 Å². The van der Waals surface area contributed by atoms with Gasteiger partial charge in [0.1, 0.15) is 5.69 Å². The highest BCUT2D eigenvalue weighted by atomic mass is 16.7. The largest absolute Gasteiger partial charge is 0.351 e. The molecule has 1 amide bonds. The van der Waals surface area contributed by atoms with Crippen molar-refractivity contribution in [2.24, 2.45) is 0 Å². The zero-order chi connectivity index (χ0) is 19.2. The fraction of sp³-hybridized carbons (Fsp3) is 0.476. The van der Waals surface area contributed by atoms with Crippen LogP contribution in [0.4, 0.5) is 5.95 Å². The lowest BCUT2D eigenvalue weighted by atomic mass is 10.0. The van der Waals surface area contributed by atoms with Crippen molar-refractivity contribution < 1.29 is 14.3 Å². The molecule has 1 spiro atoms. The quantitative estimate of drug-likeness (QED) is 0.772. The van der Waals surface area contributed by atoms with Crippen LogP contribution in [0.15, 0.2) is 42.6 Å². The second-order valence-electron chi connectivity index (χ2n) is 7.18. The van der Waals surface area contributed by atoms with Crippen molar-refractivity contribution in [3.8, 4) is 0 Å². The van der Waals surface area contributed by atoms with Gasteiger partial charge in [0, 0.05) is 38.7 Å². The molecule has 0 atom stereocenters. The van der Waals surface area contributed by atoms with Gasteiger partial charge in [-0.2, -0.15) is 0 Å². The van der Waals surface area contributed by atoms with Crippen molar-refractivity contribution >= 4 is 11.9 Å². The van der Waals surface area contributed by atoms with Crippen molar-refractivity contribution in [2.45, 2.75) is 31.5 Å². The van der Waals surface area contributed by atoms with E-state index in [0.29, 0.717) is 31.4 Å². The fourth-order valence-corrected chi connectivity index (χ4v) is 3.69. The minimum absolute atomic E-state index is 0.160. The van der Waals surface area contributed by atoms with Crippen LogP contribution in [0.5, 0.6) is 0 Å². The standard InChI is InChI=1S/C21H26N4O3/c26-19(22-11-4-7-17-5-2-1-3-6-17)18-8-12-23-20(24-18)25-13-9-21(10-14-25)27-15-16-28-21/h1-3,5-6,8,12H,4,7,9-11,13-16H2,(H,22,26). The minimum atomic E-state index is -0.426. The van der Waals surface area contributed by atoms with E-state index in [0.717, 1.165) is 38.8 Å². The Bertz CT molecular complexity index is 783. The van der Waals surface area contributed by atoms with E-state index in [1.54, 1.807) is 12.3 Å². The molecular weight excluding hydrogens is 356 g/mol. The first-order chi connectivity index (χ1) is 13.7. The van der Waals surface area contributed by atoms with Crippen LogP contribution in [-0.2, 0) is 15.9 Å². The second kappa shape index (κ2) is 8.67. The van der Waals surface area contributed by atoms with Gasteiger partial charge >= 0.3 is 0 Å². The first-order valence-corrected chi connectivity index (χ1v) is 9.92. The number of piperidine rings is 1. The normalized spacial score (nSPS) is 18.4. The molecule has 2 fully saturated rings. The number of hydrogen-bond donors (Lipinski definition) is 1. The Morgan fingerprint density at radius 2 is 1.86 bits per heavy atom. The van der Waals surface area contributed by atoms with Gasteiger partial charge in [0.25, 0.3) is 5.91 Å². The van der Waals surface area contributed by atoms with E-state index in [1.165, 1.54) is 5.56 Å². The van der Waals surface area contributed by atoms with Crippen LogP contribution < -0.4 is 10.2 Å². The third-order valence-electron chi connectivity index (χ3n) is 5.27. The van der Waals surface area contributed by atoms with E-state index in [1.807, 2.05) is 18.2 Å². The molecule has 2 aliphatic rings. The predicted molar refractivity (Wildman–Crippen MR) is 105 cm³/mol. The van der Waals surface area contributed by atoms with Crippen molar-refractivity contribution in [1.29, 1.82) is 0 Å². The van der Waals surface area contributed by atoms with Crippen molar-refractivity contribution in [2.75, 3.05) is 37.7 Å². The summed E-state index contributed by atoms with van der Waals surface area (Å²) >= 11 is 0. The van der Waals surface area contributed by atoms with E-state index < -0.39 is 5.79 Å². The van der Waals surface area contributed by atoms with Gasteiger partial charge in [0.2, 0.25) is 5.95 Å². The number of rotatable bonds is 6. The smallest absolute Gasteiger partial charge is 0.270 e. The number of aromatic nitrogens is 2. The number of benzene rings is 1. The summed E-state index contributed by atoms with van der Waals surface area (Å²) in [5.41, 5.74) is 1.68. The average molecular weight is 382 g/mol. The first-order valence-electron chi connectivity index (χ1n) is 9.92. The highest BCUT2D eigenvalue weighted by molar-refractivity contribution is 5.92. The number of carbonyl (C=O) groups excluding carboxylic acids is 1. The molecule has 0 aliphatic carbocycles. The van der Waals surface area contributed by atoms with Crippen LogP contribution in [0, 0.1) is 0 Å². The molecule has 148 valence electrons. The number of ether oxygens (including phenoxy) is 2. The molecule has 1 N–H and O–H groups in total. The van der Waals surface area contributed by atoms with Crippen LogP contribution in [0.2, 0.25) is 0 Å². The van der Waals surface area contributed by atoms with E-state index in [2.05, 4.69) is 32.3 Å². The molecule has 2 saturated heterocycles. The van der Waals surface area contributed by atoms with Gasteiger partial charge in [0.15, 0.2) is 5.79 Å². The Balaban J connectivity index is 1.27. The Kier molecular flexibility index (Phi) is 5.83. The van der Waals surface area contributed by atoms with Gasteiger partial charge in [-0.15, -0.1) is 0 Å². The summed E-state index contributed by atoms with van der Waals surface area (Å²) in [7, 11) is 0. The summed E-state index contributed by atoms with van der Waals surface area (Å²) in [6.45, 7) is 3.45. The van der Waals surface area contributed by atoms with Gasteiger partial charge < -0.3 is 19.7 Å². The molecule has 1 aromatic carbocycles. The summed E-state index contributed by atoms with van der Waals surface area (Å²) in [6.07, 6.45) is 5.05. The molecular formula is C21H26N4O3. The Hall–Kier alpha value is -2.51. The summed E-state index contributed by atoms with van der Waals surface area (Å²) in [6, 6.07) is 11.9. The maximum atomic E-state index is 12.4. The fourth-order valence-electron chi connectivity index (χ4n) is 3.69. The number of aryl methyl sites for hydroxylation is 1. The number of hydrogen-bond acceptors (Lipinski definition) is 6. The summed E-state index contributed by atoms with van der Waals surface area (Å²) in [4.78, 5) is 23.3. The van der Waals surface area contributed by atoms with Crippen LogP contribution in [0.3, 0.4) is 0 Å². The molecule has 28 heavy (non-hydrogen) atoms. The number of nitrogens with one attached hydrogen (secondary N) is 1. The second-order valence-corrected chi connectivity index (χ2v) is 7.18. The molecule has 4 rings (SSSR count). The van der Waals surface area contributed by atoms with Crippen molar-refractivity contribution in [3.63, 3.8) is 0 Å². The van der Waals surface area contributed by atoms with Crippen molar-refractivity contribution in [1.82, 2.24) is 15.3 Å². The number of anilines is 1. The maximum Gasteiger partial charge on any atom is 0.270 e. The van der Waals surface area contributed by atoms with Gasteiger partial charge in [-0.25, -0.2) is 9.97 Å². The third kappa shape index (κ3) is 4.48. The zero-order valence-corrected chi connectivity index (χ0v) is 16.0. The number of amides is 1. The highest BCUT2D eigenvalue weighted by Gasteiger charge is 2.40. The molecule has 0 bridgehead atoms. The molecule has 0 saturated carbocycles. The number of nitrogens with zero attached hydrogens (tertiary/aromatic N) is 3. The SMILES string of the molecule is O=C(NCCCc1ccccc1)c1ccnc(N2CCC3(CC2)OCCO3)n1. The third-order valence-corrected chi connectivity index (χ3v) is 5.27. The topological polar surface area (TPSA) is 76.6 Å². The van der Waals surface area contributed by atoms with E-state index >= 15 is 0 Å². The molecule has 2 aliphatic heterocycles. The molecule has 7 heteroatoms. The lowest BCUT2D eigenvalue weighted by Crippen LogP contribution is -2.45. The molecule has 0 radical (unpaired) electrons. The molecule has 3 heterocycles. The van der Waals surface area contributed by atoms with Gasteiger partial charge in [-0.3, -0.25) is 4.79 Å². The van der Waals surface area contributed by atoms with Crippen LogP contribution in [0.25, 0.3) is 0 Å². The minimum Gasteiger partial charge on any atom is -0.351 e. The molecule has 0 unspecified atom stereocenters. The molecule has 1 aromatic heterocycles. The summed E-state index contributed by atoms with van der Waals surface area (Å²) < 4.78 is 11.5. The van der Waals surface area contributed by atoms with E-state index in [4.69, 9.17) is 9.47 Å². The summed E-state index contributed by atoms with van der Waals surface area (Å²) in [5, 5.41) is 2.95. The zero-order valence-electron chi connectivity index (χ0n) is 16.0.